The fourth-order valence-corrected chi connectivity index (χ4v) is 1.54. The van der Waals surface area contributed by atoms with Crippen LogP contribution in [0.4, 0.5) is 0 Å². The van der Waals surface area contributed by atoms with Gasteiger partial charge in [0.05, 0.1) is 19.5 Å². The number of hydrogen-bond donors (Lipinski definition) is 1. The van der Waals surface area contributed by atoms with E-state index >= 15 is 0 Å². The summed E-state index contributed by atoms with van der Waals surface area (Å²) >= 11 is 0. The third-order valence-electron chi connectivity index (χ3n) is 2.70. The van der Waals surface area contributed by atoms with Gasteiger partial charge >= 0.3 is 0 Å². The summed E-state index contributed by atoms with van der Waals surface area (Å²) in [4.78, 5) is 0. The van der Waals surface area contributed by atoms with E-state index < -0.39 is 5.97 Å². The van der Waals surface area contributed by atoms with E-state index in [1.54, 1.807) is 6.92 Å². The number of hydrogen-bond acceptors (Lipinski definition) is 5. The average molecular weight is 282 g/mol. The molecule has 0 bridgehead atoms. The maximum atomic E-state index is 8.63. The lowest BCUT2D eigenvalue weighted by atomic mass is 10.2. The van der Waals surface area contributed by atoms with Crippen LogP contribution in [0.15, 0.2) is 43.2 Å². The zero-order chi connectivity index (χ0) is 14.8. The Balaban J connectivity index is 0.000000200. The van der Waals surface area contributed by atoms with Gasteiger partial charge in [0.1, 0.15) is 12.7 Å². The molecule has 1 aromatic rings. The van der Waals surface area contributed by atoms with E-state index in [-0.39, 0.29) is 12.7 Å². The predicted octanol–water partition coefficient (Wildman–Crippen LogP) is 2.06. The molecule has 1 saturated heterocycles. The second-order valence-corrected chi connectivity index (χ2v) is 4.26. The van der Waals surface area contributed by atoms with Crippen molar-refractivity contribution in [3.05, 3.63) is 48.7 Å². The smallest absolute Gasteiger partial charge is 0.280 e. The zero-order valence-electron chi connectivity index (χ0n) is 12.0. The summed E-state index contributed by atoms with van der Waals surface area (Å²) in [5.74, 6) is -0.951. The molecular weight excluding hydrogens is 260 g/mol. The zero-order valence-corrected chi connectivity index (χ0v) is 12.0. The first kappa shape index (κ1) is 16.7. The van der Waals surface area contributed by atoms with Crippen LogP contribution in [0.1, 0.15) is 12.5 Å². The van der Waals surface area contributed by atoms with Crippen LogP contribution >= 0.6 is 0 Å². The summed E-state index contributed by atoms with van der Waals surface area (Å²) in [5, 5.41) is 8.63. The molecule has 0 radical (unpaired) electrons. The van der Waals surface area contributed by atoms with Gasteiger partial charge in [-0.25, -0.2) is 0 Å². The van der Waals surface area contributed by atoms with Crippen LogP contribution in [0.3, 0.4) is 0 Å². The van der Waals surface area contributed by atoms with Crippen LogP contribution in [0.2, 0.25) is 0 Å². The lowest BCUT2D eigenvalue weighted by Gasteiger charge is -2.19. The molecule has 0 saturated carbocycles. The Hall–Kier alpha value is -1.40. The van der Waals surface area contributed by atoms with Crippen molar-refractivity contribution in [3.8, 4) is 0 Å². The molecule has 1 heterocycles. The van der Waals surface area contributed by atoms with Crippen LogP contribution in [-0.2, 0) is 25.6 Å². The van der Waals surface area contributed by atoms with Crippen molar-refractivity contribution in [1.82, 2.24) is 0 Å². The van der Waals surface area contributed by atoms with Gasteiger partial charge in [-0.15, -0.1) is 0 Å². The molecule has 0 amide bonds. The molecule has 1 aromatic carbocycles. The van der Waals surface area contributed by atoms with Gasteiger partial charge in [-0.3, -0.25) is 0 Å². The highest BCUT2D eigenvalue weighted by atomic mass is 16.9. The van der Waals surface area contributed by atoms with Crippen LogP contribution in [0.5, 0.6) is 0 Å². The number of ether oxygens (including phenoxy) is 4. The van der Waals surface area contributed by atoms with Crippen molar-refractivity contribution in [3.63, 3.8) is 0 Å². The maximum Gasteiger partial charge on any atom is 0.280 e. The normalized spacial score (nSPS) is 24.6. The first-order valence-corrected chi connectivity index (χ1v) is 6.37. The molecule has 2 unspecified atom stereocenters. The van der Waals surface area contributed by atoms with Gasteiger partial charge in [0.25, 0.3) is 5.97 Å². The Bertz CT molecular complexity index is 381. The van der Waals surface area contributed by atoms with Gasteiger partial charge in [0, 0.05) is 14.0 Å². The number of rotatable bonds is 5. The molecule has 20 heavy (non-hydrogen) atoms. The minimum absolute atomic E-state index is 0.0288. The summed E-state index contributed by atoms with van der Waals surface area (Å²) in [7, 11) is 1.50. The SMILES string of the molecule is C=COCc1ccccc1.COC1(C)OCC(CO)O1. The molecule has 0 spiro atoms. The minimum Gasteiger partial charge on any atom is -0.497 e. The largest absolute Gasteiger partial charge is 0.497 e. The van der Waals surface area contributed by atoms with E-state index in [2.05, 4.69) is 6.58 Å². The Labute approximate surface area is 119 Å². The van der Waals surface area contributed by atoms with Gasteiger partial charge in [-0.05, 0) is 5.56 Å². The molecule has 5 heteroatoms. The Morgan fingerprint density at radius 2 is 2.15 bits per heavy atom. The fraction of sp³-hybridized carbons (Fsp3) is 0.467. The summed E-state index contributed by atoms with van der Waals surface area (Å²) in [6, 6.07) is 9.99. The Morgan fingerprint density at radius 1 is 1.45 bits per heavy atom. The molecule has 0 aromatic heterocycles. The third kappa shape index (κ3) is 5.71. The Kier molecular flexibility index (Phi) is 7.25. The number of benzene rings is 1. The lowest BCUT2D eigenvalue weighted by molar-refractivity contribution is -0.314. The number of aliphatic hydroxyl groups is 1. The second-order valence-electron chi connectivity index (χ2n) is 4.26. The standard InChI is InChI=1S/C9H10O.C6H12O4/c1-2-10-8-9-6-4-3-5-7-9;1-6(8-2)9-4-5(3-7)10-6/h2-7H,1,8H2;5,7H,3-4H2,1-2H3. The predicted molar refractivity (Wildman–Crippen MR) is 74.8 cm³/mol. The van der Waals surface area contributed by atoms with Crippen molar-refractivity contribution < 1.29 is 24.1 Å². The van der Waals surface area contributed by atoms with E-state index in [0.717, 1.165) is 0 Å². The molecule has 5 nitrogen and oxygen atoms in total. The summed E-state index contributed by atoms with van der Waals surface area (Å²) in [6.07, 6.45) is 1.21. The molecule has 112 valence electrons. The van der Waals surface area contributed by atoms with Crippen molar-refractivity contribution in [2.24, 2.45) is 0 Å². The fourth-order valence-electron chi connectivity index (χ4n) is 1.54. The van der Waals surface area contributed by atoms with Gasteiger partial charge in [-0.1, -0.05) is 36.9 Å². The van der Waals surface area contributed by atoms with Gasteiger partial charge in [-0.2, -0.15) is 0 Å². The minimum atomic E-state index is -0.951. The number of methoxy groups -OCH3 is 1. The van der Waals surface area contributed by atoms with Crippen molar-refractivity contribution in [1.29, 1.82) is 0 Å². The molecule has 2 atom stereocenters. The molecule has 1 fully saturated rings. The highest BCUT2D eigenvalue weighted by Crippen LogP contribution is 2.22. The van der Waals surface area contributed by atoms with Crippen LogP contribution < -0.4 is 0 Å². The second kappa shape index (κ2) is 8.71. The van der Waals surface area contributed by atoms with Crippen LogP contribution in [-0.4, -0.2) is 37.5 Å². The van der Waals surface area contributed by atoms with E-state index in [4.69, 9.17) is 24.1 Å². The van der Waals surface area contributed by atoms with Gasteiger partial charge < -0.3 is 24.1 Å². The van der Waals surface area contributed by atoms with Gasteiger partial charge in [0.15, 0.2) is 0 Å². The molecule has 1 aliphatic heterocycles. The van der Waals surface area contributed by atoms with Crippen molar-refractivity contribution in [2.75, 3.05) is 20.3 Å². The highest BCUT2D eigenvalue weighted by molar-refractivity contribution is 5.13. The molecule has 2 rings (SSSR count). The first-order valence-electron chi connectivity index (χ1n) is 6.37. The third-order valence-corrected chi connectivity index (χ3v) is 2.70. The van der Waals surface area contributed by atoms with Crippen LogP contribution in [0.25, 0.3) is 0 Å². The van der Waals surface area contributed by atoms with E-state index in [0.29, 0.717) is 13.2 Å². The summed E-state index contributed by atoms with van der Waals surface area (Å²) in [6.45, 7) is 6.10. The van der Waals surface area contributed by atoms with Crippen molar-refractivity contribution in [2.45, 2.75) is 25.6 Å². The molecule has 0 aliphatic carbocycles. The maximum absolute atomic E-state index is 8.63. The highest BCUT2D eigenvalue weighted by Gasteiger charge is 2.36. The monoisotopic (exact) mass is 282 g/mol. The average Bonchev–Trinajstić information content (AvgIpc) is 2.89. The van der Waals surface area contributed by atoms with Crippen molar-refractivity contribution >= 4 is 0 Å². The topological polar surface area (TPSA) is 57.2 Å². The quantitative estimate of drug-likeness (QED) is 0.838. The van der Waals surface area contributed by atoms with E-state index in [1.807, 2.05) is 30.3 Å². The summed E-state index contributed by atoms with van der Waals surface area (Å²) in [5.41, 5.74) is 1.17. The van der Waals surface area contributed by atoms with E-state index in [9.17, 15) is 0 Å². The van der Waals surface area contributed by atoms with E-state index in [1.165, 1.54) is 18.9 Å². The molecule has 1 aliphatic rings. The van der Waals surface area contributed by atoms with Crippen LogP contribution in [0, 0.1) is 0 Å². The lowest BCUT2D eigenvalue weighted by Crippen LogP contribution is -2.29. The molecule has 1 N–H and O–H groups in total. The first-order chi connectivity index (χ1) is 9.63. The van der Waals surface area contributed by atoms with Gasteiger partial charge in [0.2, 0.25) is 0 Å². The molecular formula is C15H22O5. The number of aliphatic hydroxyl groups excluding tert-OH is 1. The Morgan fingerprint density at radius 3 is 2.60 bits per heavy atom. The summed E-state index contributed by atoms with van der Waals surface area (Å²) < 4.78 is 20.1.